The van der Waals surface area contributed by atoms with Gasteiger partial charge in [-0.15, -0.1) is 0 Å². The van der Waals surface area contributed by atoms with Crippen LogP contribution in [-0.4, -0.2) is 46.4 Å². The summed E-state index contributed by atoms with van der Waals surface area (Å²) in [4.78, 5) is 14.7. The van der Waals surface area contributed by atoms with E-state index in [0.717, 1.165) is 22.3 Å². The van der Waals surface area contributed by atoms with Crippen LogP contribution >= 0.6 is 15.9 Å². The van der Waals surface area contributed by atoms with Gasteiger partial charge in [0.1, 0.15) is 0 Å². The van der Waals surface area contributed by atoms with E-state index < -0.39 is 0 Å². The van der Waals surface area contributed by atoms with Crippen molar-refractivity contribution in [3.8, 4) is 5.69 Å². The smallest absolute Gasteiger partial charge is 0.257 e. The van der Waals surface area contributed by atoms with Crippen molar-refractivity contribution in [3.63, 3.8) is 0 Å². The van der Waals surface area contributed by atoms with Crippen molar-refractivity contribution in [2.24, 2.45) is 0 Å². The highest BCUT2D eigenvalue weighted by Gasteiger charge is 2.26. The van der Waals surface area contributed by atoms with Crippen molar-refractivity contribution in [3.05, 3.63) is 46.2 Å². The van der Waals surface area contributed by atoms with Gasteiger partial charge >= 0.3 is 0 Å². The summed E-state index contributed by atoms with van der Waals surface area (Å²) in [6.07, 6.45) is 2.71. The molecule has 2 aromatic rings. The first kappa shape index (κ1) is 16.2. The fourth-order valence-electron chi connectivity index (χ4n) is 2.78. The quantitative estimate of drug-likeness (QED) is 0.824. The molecule has 0 aliphatic carbocycles. The molecule has 0 spiro atoms. The molecule has 1 aromatic carbocycles. The maximum Gasteiger partial charge on any atom is 0.257 e. The van der Waals surface area contributed by atoms with Crippen molar-refractivity contribution in [2.45, 2.75) is 26.4 Å². The van der Waals surface area contributed by atoms with E-state index >= 15 is 0 Å². The lowest BCUT2D eigenvalue weighted by Gasteiger charge is -2.32. The number of halogens is 1. The molecule has 1 aliphatic heterocycles. The number of rotatable bonds is 3. The number of nitrogens with zero attached hydrogens (tertiary/aromatic N) is 3. The molecule has 3 rings (SSSR count). The Morgan fingerprint density at radius 2 is 2.13 bits per heavy atom. The molecule has 1 amide bonds. The number of ether oxygens (including phenoxy) is 1. The summed E-state index contributed by atoms with van der Waals surface area (Å²) in [5, 5.41) is 4.39. The summed E-state index contributed by atoms with van der Waals surface area (Å²) < 4.78 is 8.46. The van der Waals surface area contributed by atoms with Crippen LogP contribution in [-0.2, 0) is 4.74 Å². The third-order valence-corrected chi connectivity index (χ3v) is 4.72. The topological polar surface area (TPSA) is 47.4 Å². The molecular weight excluding hydrogens is 358 g/mol. The zero-order valence-corrected chi connectivity index (χ0v) is 14.9. The Morgan fingerprint density at radius 1 is 1.39 bits per heavy atom. The van der Waals surface area contributed by atoms with Crippen LogP contribution in [0.15, 0.2) is 34.9 Å². The molecule has 23 heavy (non-hydrogen) atoms. The Hall–Kier alpha value is -1.66. The second-order valence-corrected chi connectivity index (χ2v) is 6.60. The standard InChI is InChI=1S/C17H20BrN3O2/c1-3-15-11-20(8-9-23-15)17(22)16-10-19-21(12(16)2)14-6-4-13(18)5-7-14/h4-7,10,15H,3,8-9,11H2,1-2H3/t15-/m0/s1. The van der Waals surface area contributed by atoms with Crippen molar-refractivity contribution >= 4 is 21.8 Å². The molecule has 6 heteroatoms. The lowest BCUT2D eigenvalue weighted by molar-refractivity contribution is -0.0226. The number of hydrogen-bond donors (Lipinski definition) is 0. The van der Waals surface area contributed by atoms with Gasteiger partial charge in [-0.25, -0.2) is 4.68 Å². The van der Waals surface area contributed by atoms with Gasteiger partial charge in [0, 0.05) is 17.6 Å². The van der Waals surface area contributed by atoms with E-state index in [-0.39, 0.29) is 12.0 Å². The third kappa shape index (κ3) is 3.33. The van der Waals surface area contributed by atoms with Crippen LogP contribution in [0.4, 0.5) is 0 Å². The molecule has 5 nitrogen and oxygen atoms in total. The fourth-order valence-corrected chi connectivity index (χ4v) is 3.05. The summed E-state index contributed by atoms with van der Waals surface area (Å²) >= 11 is 3.43. The average Bonchev–Trinajstić information content (AvgIpc) is 2.96. The summed E-state index contributed by atoms with van der Waals surface area (Å²) in [6, 6.07) is 7.87. The molecule has 0 radical (unpaired) electrons. The van der Waals surface area contributed by atoms with Gasteiger partial charge in [0.2, 0.25) is 0 Å². The summed E-state index contributed by atoms with van der Waals surface area (Å²) in [5.74, 6) is 0.0348. The van der Waals surface area contributed by atoms with Gasteiger partial charge in [-0.05, 0) is 37.6 Å². The summed E-state index contributed by atoms with van der Waals surface area (Å²) in [7, 11) is 0. The Kier molecular flexibility index (Phi) is 4.82. The van der Waals surface area contributed by atoms with Gasteiger partial charge in [0.05, 0.1) is 35.9 Å². The highest BCUT2D eigenvalue weighted by molar-refractivity contribution is 9.10. The molecule has 1 aliphatic rings. The molecule has 0 unspecified atom stereocenters. The third-order valence-electron chi connectivity index (χ3n) is 4.19. The van der Waals surface area contributed by atoms with Gasteiger partial charge in [-0.2, -0.15) is 5.10 Å². The van der Waals surface area contributed by atoms with Gasteiger partial charge in [-0.1, -0.05) is 22.9 Å². The number of carbonyl (C=O) groups is 1. The Labute approximate surface area is 144 Å². The van der Waals surface area contributed by atoms with Gasteiger partial charge in [0.15, 0.2) is 0 Å². The molecule has 0 bridgehead atoms. The maximum atomic E-state index is 12.8. The van der Waals surface area contributed by atoms with Crippen LogP contribution in [0.2, 0.25) is 0 Å². The normalized spacial score (nSPS) is 18.2. The molecule has 122 valence electrons. The number of morpholine rings is 1. The number of carbonyl (C=O) groups excluding carboxylic acids is 1. The minimum absolute atomic E-state index is 0.0348. The van der Waals surface area contributed by atoms with Crippen LogP contribution < -0.4 is 0 Å². The maximum absolute atomic E-state index is 12.8. The second-order valence-electron chi connectivity index (χ2n) is 5.68. The minimum atomic E-state index is 0.0348. The second kappa shape index (κ2) is 6.84. The van der Waals surface area contributed by atoms with Crippen molar-refractivity contribution in [1.82, 2.24) is 14.7 Å². The number of benzene rings is 1. The van der Waals surface area contributed by atoms with Crippen LogP contribution in [0.3, 0.4) is 0 Å². The van der Waals surface area contributed by atoms with Gasteiger partial charge in [0.25, 0.3) is 5.91 Å². The predicted octanol–water partition coefficient (Wildman–Crippen LogP) is 3.19. The van der Waals surface area contributed by atoms with Crippen LogP contribution in [0, 0.1) is 6.92 Å². The number of aromatic nitrogens is 2. The molecule has 2 heterocycles. The molecular formula is C17H20BrN3O2. The Morgan fingerprint density at radius 3 is 2.83 bits per heavy atom. The number of hydrogen-bond acceptors (Lipinski definition) is 3. The van der Waals surface area contributed by atoms with Gasteiger partial charge < -0.3 is 9.64 Å². The van der Waals surface area contributed by atoms with Crippen molar-refractivity contribution in [1.29, 1.82) is 0 Å². The predicted molar refractivity (Wildman–Crippen MR) is 91.9 cm³/mol. The first-order valence-corrected chi connectivity index (χ1v) is 8.61. The molecule has 1 atom stereocenters. The summed E-state index contributed by atoms with van der Waals surface area (Å²) in [6.45, 7) is 5.90. The van der Waals surface area contributed by atoms with Crippen molar-refractivity contribution < 1.29 is 9.53 Å². The zero-order chi connectivity index (χ0) is 16.4. The fraction of sp³-hybridized carbons (Fsp3) is 0.412. The first-order chi connectivity index (χ1) is 11.1. The Balaban J connectivity index is 1.83. The molecule has 1 aromatic heterocycles. The molecule has 0 saturated carbocycles. The van der Waals surface area contributed by atoms with Crippen LogP contribution in [0.25, 0.3) is 5.69 Å². The minimum Gasteiger partial charge on any atom is -0.375 e. The monoisotopic (exact) mass is 377 g/mol. The molecule has 0 N–H and O–H groups in total. The molecule has 1 fully saturated rings. The van der Waals surface area contributed by atoms with E-state index in [4.69, 9.17) is 4.74 Å². The van der Waals surface area contributed by atoms with Crippen LogP contribution in [0.1, 0.15) is 29.4 Å². The highest BCUT2D eigenvalue weighted by Crippen LogP contribution is 2.19. The van der Waals surface area contributed by atoms with E-state index in [1.165, 1.54) is 0 Å². The van der Waals surface area contributed by atoms with E-state index in [0.29, 0.717) is 25.3 Å². The van der Waals surface area contributed by atoms with E-state index in [1.54, 1.807) is 10.9 Å². The summed E-state index contributed by atoms with van der Waals surface area (Å²) in [5.41, 5.74) is 2.46. The Bertz CT molecular complexity index is 696. The van der Waals surface area contributed by atoms with Crippen molar-refractivity contribution in [2.75, 3.05) is 19.7 Å². The number of amides is 1. The van der Waals surface area contributed by atoms with E-state index in [9.17, 15) is 4.79 Å². The van der Waals surface area contributed by atoms with Gasteiger partial charge in [-0.3, -0.25) is 4.79 Å². The highest BCUT2D eigenvalue weighted by atomic mass is 79.9. The first-order valence-electron chi connectivity index (χ1n) is 7.81. The largest absolute Gasteiger partial charge is 0.375 e. The SMILES string of the molecule is CC[C@H]1CN(C(=O)c2cnn(-c3ccc(Br)cc3)c2C)CCO1. The van der Waals surface area contributed by atoms with E-state index in [1.807, 2.05) is 36.1 Å². The van der Waals surface area contributed by atoms with E-state index in [2.05, 4.69) is 28.0 Å². The lowest BCUT2D eigenvalue weighted by Crippen LogP contribution is -2.45. The zero-order valence-electron chi connectivity index (χ0n) is 13.3. The molecule has 1 saturated heterocycles. The van der Waals surface area contributed by atoms with Crippen LogP contribution in [0.5, 0.6) is 0 Å². The average molecular weight is 378 g/mol. The lowest BCUT2D eigenvalue weighted by atomic mass is 10.1.